The summed E-state index contributed by atoms with van der Waals surface area (Å²) in [4.78, 5) is 20.2. The maximum atomic E-state index is 6.51. The Morgan fingerprint density at radius 2 is 0.792 bits per heavy atom. The highest BCUT2D eigenvalue weighted by molar-refractivity contribution is 6.18. The first-order chi connectivity index (χ1) is 26.2. The molecule has 0 aliphatic carbocycles. The van der Waals surface area contributed by atoms with Gasteiger partial charge < -0.3 is 4.42 Å². The van der Waals surface area contributed by atoms with E-state index >= 15 is 0 Å². The summed E-state index contributed by atoms with van der Waals surface area (Å²) in [6.07, 6.45) is 0. The third-order valence-electron chi connectivity index (χ3n) is 9.75. The molecule has 0 saturated carbocycles. The first kappa shape index (κ1) is 30.6. The van der Waals surface area contributed by atoms with Crippen molar-refractivity contribution in [3.8, 4) is 67.9 Å². The molecule has 10 aromatic rings. The lowest BCUT2D eigenvalue weighted by Gasteiger charge is -2.11. The molecule has 0 aliphatic heterocycles. The van der Waals surface area contributed by atoms with Crippen molar-refractivity contribution < 1.29 is 4.42 Å². The Hall–Kier alpha value is -7.24. The van der Waals surface area contributed by atoms with Crippen LogP contribution in [-0.4, -0.2) is 19.9 Å². The second kappa shape index (κ2) is 12.8. The summed E-state index contributed by atoms with van der Waals surface area (Å²) in [6, 6.07) is 62.4. The fourth-order valence-electron chi connectivity index (χ4n) is 7.04. The average Bonchev–Trinajstić information content (AvgIpc) is 3.69. The monoisotopic (exact) mass is 678 g/mol. The molecule has 2 aromatic heterocycles. The SMILES string of the molecule is c1ccc(-c2ccc(-c3nc(-c4cccc(-c5ccccc5)c4)nc(-c4ccc5ccc6ccc7nc(-c8ccccc8)oc7c6c5c4)n3)cc2)cc1. The second-order valence-electron chi connectivity index (χ2n) is 13.1. The number of oxazole rings is 1. The van der Waals surface area contributed by atoms with E-state index in [-0.39, 0.29) is 0 Å². The summed E-state index contributed by atoms with van der Waals surface area (Å²) in [6.45, 7) is 0. The number of benzene rings is 8. The number of nitrogens with zero attached hydrogens (tertiary/aromatic N) is 4. The fraction of sp³-hybridized carbons (Fsp3) is 0. The van der Waals surface area contributed by atoms with Gasteiger partial charge in [0.05, 0.1) is 0 Å². The quantitative estimate of drug-likeness (QED) is 0.164. The van der Waals surface area contributed by atoms with Gasteiger partial charge in [-0.25, -0.2) is 19.9 Å². The van der Waals surface area contributed by atoms with Crippen LogP contribution in [0.2, 0.25) is 0 Å². The van der Waals surface area contributed by atoms with E-state index in [4.69, 9.17) is 24.4 Å². The molecule has 5 nitrogen and oxygen atoms in total. The van der Waals surface area contributed by atoms with E-state index in [0.717, 1.165) is 77.2 Å². The van der Waals surface area contributed by atoms with E-state index in [9.17, 15) is 0 Å². The van der Waals surface area contributed by atoms with Crippen molar-refractivity contribution in [1.82, 2.24) is 19.9 Å². The molecule has 248 valence electrons. The molecule has 0 radical (unpaired) electrons. The lowest BCUT2D eigenvalue weighted by Crippen LogP contribution is -2.00. The topological polar surface area (TPSA) is 64.7 Å². The number of hydrogen-bond donors (Lipinski definition) is 0. The Morgan fingerprint density at radius 1 is 0.321 bits per heavy atom. The van der Waals surface area contributed by atoms with Gasteiger partial charge in [-0.05, 0) is 68.7 Å². The van der Waals surface area contributed by atoms with Gasteiger partial charge in [0, 0.05) is 27.6 Å². The minimum Gasteiger partial charge on any atom is -0.435 e. The molecule has 0 fully saturated rings. The van der Waals surface area contributed by atoms with Gasteiger partial charge in [0.25, 0.3) is 0 Å². The van der Waals surface area contributed by atoms with Gasteiger partial charge >= 0.3 is 0 Å². The zero-order chi connectivity index (χ0) is 35.1. The third kappa shape index (κ3) is 5.71. The Kier molecular flexibility index (Phi) is 7.40. The molecule has 8 aromatic carbocycles. The molecule has 0 aliphatic rings. The predicted octanol–water partition coefficient (Wildman–Crippen LogP) is 12.3. The van der Waals surface area contributed by atoms with Crippen LogP contribution >= 0.6 is 0 Å². The zero-order valence-corrected chi connectivity index (χ0v) is 28.5. The molecule has 0 saturated heterocycles. The molecule has 53 heavy (non-hydrogen) atoms. The Morgan fingerprint density at radius 3 is 1.49 bits per heavy atom. The summed E-state index contributed by atoms with van der Waals surface area (Å²) in [5, 5.41) is 4.22. The van der Waals surface area contributed by atoms with Crippen molar-refractivity contribution in [2.24, 2.45) is 0 Å². The summed E-state index contributed by atoms with van der Waals surface area (Å²) < 4.78 is 6.51. The highest BCUT2D eigenvalue weighted by Gasteiger charge is 2.17. The van der Waals surface area contributed by atoms with E-state index in [0.29, 0.717) is 23.4 Å². The third-order valence-corrected chi connectivity index (χ3v) is 9.75. The van der Waals surface area contributed by atoms with Gasteiger partial charge in [-0.15, -0.1) is 0 Å². The van der Waals surface area contributed by atoms with Gasteiger partial charge in [-0.3, -0.25) is 0 Å². The van der Waals surface area contributed by atoms with Gasteiger partial charge in [-0.1, -0.05) is 152 Å². The molecule has 0 N–H and O–H groups in total. The van der Waals surface area contributed by atoms with Gasteiger partial charge in [0.1, 0.15) is 5.52 Å². The number of hydrogen-bond acceptors (Lipinski definition) is 5. The van der Waals surface area contributed by atoms with Crippen LogP contribution in [0.5, 0.6) is 0 Å². The average molecular weight is 679 g/mol. The lowest BCUT2D eigenvalue weighted by molar-refractivity contribution is 0.623. The summed E-state index contributed by atoms with van der Waals surface area (Å²) in [7, 11) is 0. The van der Waals surface area contributed by atoms with E-state index in [1.165, 1.54) is 0 Å². The first-order valence-electron chi connectivity index (χ1n) is 17.6. The molecule has 10 rings (SSSR count). The van der Waals surface area contributed by atoms with E-state index < -0.39 is 0 Å². The minimum absolute atomic E-state index is 0.593. The number of fused-ring (bicyclic) bond motifs is 5. The van der Waals surface area contributed by atoms with Crippen LogP contribution in [0.25, 0.3) is 101 Å². The molecule has 0 unspecified atom stereocenters. The summed E-state index contributed by atoms with van der Waals surface area (Å²) >= 11 is 0. The Bertz CT molecular complexity index is 2920. The molecule has 2 heterocycles. The van der Waals surface area contributed by atoms with E-state index in [1.807, 2.05) is 48.5 Å². The highest BCUT2D eigenvalue weighted by atomic mass is 16.3. The molecule has 0 spiro atoms. The van der Waals surface area contributed by atoms with Crippen molar-refractivity contribution >= 4 is 32.6 Å². The van der Waals surface area contributed by atoms with Crippen LogP contribution < -0.4 is 0 Å². The van der Waals surface area contributed by atoms with Crippen molar-refractivity contribution in [1.29, 1.82) is 0 Å². The number of aromatic nitrogens is 4. The van der Waals surface area contributed by atoms with E-state index in [2.05, 4.69) is 133 Å². The van der Waals surface area contributed by atoms with Crippen LogP contribution in [0.4, 0.5) is 0 Å². The van der Waals surface area contributed by atoms with Gasteiger partial charge in [0.15, 0.2) is 23.1 Å². The Labute approximate surface area is 305 Å². The maximum Gasteiger partial charge on any atom is 0.227 e. The smallest absolute Gasteiger partial charge is 0.227 e. The van der Waals surface area contributed by atoms with Crippen LogP contribution in [0.3, 0.4) is 0 Å². The van der Waals surface area contributed by atoms with Crippen LogP contribution in [-0.2, 0) is 0 Å². The van der Waals surface area contributed by atoms with Crippen LogP contribution in [0.15, 0.2) is 186 Å². The Balaban J connectivity index is 1.15. The number of rotatable bonds is 6. The van der Waals surface area contributed by atoms with Crippen LogP contribution in [0.1, 0.15) is 0 Å². The minimum atomic E-state index is 0.593. The molecular weight excluding hydrogens is 649 g/mol. The zero-order valence-electron chi connectivity index (χ0n) is 28.5. The molecular formula is C48H30N4O. The van der Waals surface area contributed by atoms with Gasteiger partial charge in [0.2, 0.25) is 5.89 Å². The summed E-state index contributed by atoms with van der Waals surface area (Å²) in [5.41, 5.74) is 9.76. The summed E-state index contributed by atoms with van der Waals surface area (Å²) in [5.74, 6) is 2.41. The first-order valence-corrected chi connectivity index (χ1v) is 17.6. The van der Waals surface area contributed by atoms with Crippen molar-refractivity contribution in [2.75, 3.05) is 0 Å². The molecule has 0 amide bonds. The van der Waals surface area contributed by atoms with Crippen molar-refractivity contribution in [3.63, 3.8) is 0 Å². The standard InChI is InChI=1S/C48H30N4O/c1-4-11-31(12-5-1)33-19-24-36(25-20-33)45-50-46(39-18-10-17-38(29-39)32-13-6-2-7-14-32)52-47(51-45)40-26-22-34-21-23-35-27-28-42-44(43(35)41(34)30-40)53-48(49-42)37-15-8-3-9-16-37/h1-30H. The predicted molar refractivity (Wildman–Crippen MR) is 215 cm³/mol. The highest BCUT2D eigenvalue weighted by Crippen LogP contribution is 2.37. The van der Waals surface area contributed by atoms with Crippen molar-refractivity contribution in [2.45, 2.75) is 0 Å². The largest absolute Gasteiger partial charge is 0.435 e. The molecule has 0 atom stereocenters. The van der Waals surface area contributed by atoms with Crippen molar-refractivity contribution in [3.05, 3.63) is 182 Å². The second-order valence-corrected chi connectivity index (χ2v) is 13.1. The molecule has 0 bridgehead atoms. The maximum absolute atomic E-state index is 6.51. The fourth-order valence-corrected chi connectivity index (χ4v) is 7.04. The van der Waals surface area contributed by atoms with Gasteiger partial charge in [-0.2, -0.15) is 0 Å². The van der Waals surface area contributed by atoms with Crippen LogP contribution in [0, 0.1) is 0 Å². The normalized spacial score (nSPS) is 11.4. The van der Waals surface area contributed by atoms with E-state index in [1.54, 1.807) is 0 Å². The lowest BCUT2D eigenvalue weighted by atomic mass is 9.99. The molecule has 5 heteroatoms.